The highest BCUT2D eigenvalue weighted by Crippen LogP contribution is 2.15. The standard InChI is InChI=1S/C9H9N3OS/c13-9(8-6-14-12-11-8)4-7-2-1-3-10-5-7/h1-3,5-6,9,13H,4H2. The minimum atomic E-state index is -0.585. The second-order valence-corrected chi connectivity index (χ2v) is 3.52. The third-order valence-electron chi connectivity index (χ3n) is 1.87. The van der Waals surface area contributed by atoms with E-state index in [1.165, 1.54) is 11.5 Å². The highest BCUT2D eigenvalue weighted by atomic mass is 32.1. The van der Waals surface area contributed by atoms with Crippen LogP contribution in [0.3, 0.4) is 0 Å². The Balaban J connectivity index is 2.06. The zero-order valence-corrected chi connectivity index (χ0v) is 8.18. The lowest BCUT2D eigenvalue weighted by atomic mass is 10.1. The van der Waals surface area contributed by atoms with Gasteiger partial charge in [-0.15, -0.1) is 5.10 Å². The Labute approximate surface area is 85.4 Å². The van der Waals surface area contributed by atoms with Gasteiger partial charge in [0.05, 0.1) is 0 Å². The molecule has 1 N–H and O–H groups in total. The maximum Gasteiger partial charge on any atom is 0.104 e. The van der Waals surface area contributed by atoms with Crippen molar-refractivity contribution in [1.82, 2.24) is 14.6 Å². The summed E-state index contributed by atoms with van der Waals surface area (Å²) in [5.74, 6) is 0. The van der Waals surface area contributed by atoms with Gasteiger partial charge in [0.15, 0.2) is 0 Å². The number of nitrogens with zero attached hydrogens (tertiary/aromatic N) is 3. The fourth-order valence-corrected chi connectivity index (χ4v) is 1.66. The molecular formula is C9H9N3OS. The van der Waals surface area contributed by atoms with E-state index in [-0.39, 0.29) is 0 Å². The van der Waals surface area contributed by atoms with Crippen LogP contribution in [0.5, 0.6) is 0 Å². The van der Waals surface area contributed by atoms with Gasteiger partial charge in [-0.1, -0.05) is 10.6 Å². The molecule has 0 bridgehead atoms. The first-order chi connectivity index (χ1) is 6.86. The van der Waals surface area contributed by atoms with E-state index in [2.05, 4.69) is 14.6 Å². The van der Waals surface area contributed by atoms with Gasteiger partial charge in [0, 0.05) is 24.2 Å². The van der Waals surface area contributed by atoms with Gasteiger partial charge in [-0.25, -0.2) is 0 Å². The number of pyridine rings is 1. The Morgan fingerprint density at radius 2 is 2.43 bits per heavy atom. The molecule has 0 aliphatic carbocycles. The first-order valence-electron chi connectivity index (χ1n) is 4.20. The highest BCUT2D eigenvalue weighted by Gasteiger charge is 2.10. The van der Waals surface area contributed by atoms with E-state index in [1.54, 1.807) is 17.8 Å². The largest absolute Gasteiger partial charge is 0.386 e. The number of aliphatic hydroxyl groups excluding tert-OH is 1. The summed E-state index contributed by atoms with van der Waals surface area (Å²) in [6, 6.07) is 3.78. The normalized spacial score (nSPS) is 12.6. The summed E-state index contributed by atoms with van der Waals surface area (Å²) < 4.78 is 3.70. The second kappa shape index (κ2) is 4.26. The topological polar surface area (TPSA) is 58.9 Å². The summed E-state index contributed by atoms with van der Waals surface area (Å²) >= 11 is 1.24. The van der Waals surface area contributed by atoms with Crippen LogP contribution in [0.4, 0.5) is 0 Å². The Morgan fingerprint density at radius 3 is 3.07 bits per heavy atom. The Hall–Kier alpha value is -1.33. The summed E-state index contributed by atoms with van der Waals surface area (Å²) in [5.41, 5.74) is 1.62. The van der Waals surface area contributed by atoms with Crippen LogP contribution < -0.4 is 0 Å². The molecule has 0 radical (unpaired) electrons. The minimum absolute atomic E-state index is 0.527. The van der Waals surface area contributed by atoms with E-state index in [9.17, 15) is 5.11 Å². The fourth-order valence-electron chi connectivity index (χ4n) is 1.16. The lowest BCUT2D eigenvalue weighted by Gasteiger charge is -2.05. The van der Waals surface area contributed by atoms with Crippen LogP contribution in [0.25, 0.3) is 0 Å². The van der Waals surface area contributed by atoms with Gasteiger partial charge in [-0.2, -0.15) is 0 Å². The average molecular weight is 207 g/mol. The molecule has 1 atom stereocenters. The number of rotatable bonds is 3. The van der Waals surface area contributed by atoms with Crippen LogP contribution in [0, 0.1) is 0 Å². The number of hydrogen-bond acceptors (Lipinski definition) is 5. The zero-order chi connectivity index (χ0) is 9.80. The van der Waals surface area contributed by atoms with Crippen LogP contribution in [-0.2, 0) is 6.42 Å². The molecule has 0 spiro atoms. The molecule has 1 unspecified atom stereocenters. The van der Waals surface area contributed by atoms with Crippen molar-refractivity contribution >= 4 is 11.5 Å². The van der Waals surface area contributed by atoms with Gasteiger partial charge >= 0.3 is 0 Å². The third kappa shape index (κ3) is 2.12. The van der Waals surface area contributed by atoms with Crippen LogP contribution in [0.15, 0.2) is 29.9 Å². The molecule has 2 rings (SSSR count). The summed E-state index contributed by atoms with van der Waals surface area (Å²) in [6.07, 6.45) is 3.39. The molecule has 0 aromatic carbocycles. The van der Waals surface area contributed by atoms with Gasteiger partial charge in [0.2, 0.25) is 0 Å². The van der Waals surface area contributed by atoms with E-state index in [0.29, 0.717) is 12.1 Å². The Bertz CT molecular complexity index is 376. The fraction of sp³-hybridized carbons (Fsp3) is 0.222. The maximum atomic E-state index is 9.74. The average Bonchev–Trinajstić information content (AvgIpc) is 2.72. The first kappa shape index (κ1) is 9.23. The summed E-state index contributed by atoms with van der Waals surface area (Å²) in [6.45, 7) is 0. The van der Waals surface area contributed by atoms with Crippen LogP contribution in [-0.4, -0.2) is 19.7 Å². The van der Waals surface area contributed by atoms with Crippen molar-refractivity contribution < 1.29 is 5.11 Å². The van der Waals surface area contributed by atoms with Crippen molar-refractivity contribution in [3.63, 3.8) is 0 Å². The molecule has 5 heteroatoms. The Morgan fingerprint density at radius 1 is 1.50 bits per heavy atom. The van der Waals surface area contributed by atoms with Crippen LogP contribution >= 0.6 is 11.5 Å². The van der Waals surface area contributed by atoms with Crippen molar-refractivity contribution in [2.45, 2.75) is 12.5 Å². The SMILES string of the molecule is OC(Cc1cccnc1)c1csnn1. The number of aliphatic hydroxyl groups is 1. The molecule has 2 aromatic heterocycles. The molecule has 4 nitrogen and oxygen atoms in total. The molecule has 2 aromatic rings. The van der Waals surface area contributed by atoms with Gasteiger partial charge in [-0.05, 0) is 23.2 Å². The van der Waals surface area contributed by atoms with Crippen molar-refractivity contribution in [3.8, 4) is 0 Å². The van der Waals surface area contributed by atoms with E-state index in [0.717, 1.165) is 5.56 Å². The molecule has 0 aliphatic rings. The van der Waals surface area contributed by atoms with E-state index < -0.39 is 6.10 Å². The molecular weight excluding hydrogens is 198 g/mol. The predicted molar refractivity (Wildman–Crippen MR) is 52.8 cm³/mol. The van der Waals surface area contributed by atoms with Crippen LogP contribution in [0.2, 0.25) is 0 Å². The van der Waals surface area contributed by atoms with Crippen LogP contribution in [0.1, 0.15) is 17.4 Å². The van der Waals surface area contributed by atoms with E-state index in [4.69, 9.17) is 0 Å². The minimum Gasteiger partial charge on any atom is -0.386 e. The van der Waals surface area contributed by atoms with Crippen molar-refractivity contribution in [3.05, 3.63) is 41.2 Å². The van der Waals surface area contributed by atoms with Crippen molar-refractivity contribution in [2.24, 2.45) is 0 Å². The van der Waals surface area contributed by atoms with Gasteiger partial charge < -0.3 is 5.11 Å². The molecule has 0 saturated carbocycles. The molecule has 0 saturated heterocycles. The maximum absolute atomic E-state index is 9.74. The lowest BCUT2D eigenvalue weighted by molar-refractivity contribution is 0.173. The van der Waals surface area contributed by atoms with Crippen molar-refractivity contribution in [1.29, 1.82) is 0 Å². The summed E-state index contributed by atoms with van der Waals surface area (Å²) in [5, 5.41) is 15.3. The van der Waals surface area contributed by atoms with E-state index >= 15 is 0 Å². The summed E-state index contributed by atoms with van der Waals surface area (Å²) in [4.78, 5) is 3.97. The molecule has 2 heterocycles. The third-order valence-corrected chi connectivity index (χ3v) is 2.39. The molecule has 0 aliphatic heterocycles. The molecule has 14 heavy (non-hydrogen) atoms. The highest BCUT2D eigenvalue weighted by molar-refractivity contribution is 7.03. The monoisotopic (exact) mass is 207 g/mol. The molecule has 0 amide bonds. The van der Waals surface area contributed by atoms with Crippen molar-refractivity contribution in [2.75, 3.05) is 0 Å². The quantitative estimate of drug-likeness (QED) is 0.821. The Kier molecular flexibility index (Phi) is 2.81. The number of aromatic nitrogens is 3. The van der Waals surface area contributed by atoms with E-state index in [1.807, 2.05) is 12.1 Å². The zero-order valence-electron chi connectivity index (χ0n) is 7.37. The molecule has 72 valence electrons. The van der Waals surface area contributed by atoms with Gasteiger partial charge in [-0.3, -0.25) is 4.98 Å². The summed E-state index contributed by atoms with van der Waals surface area (Å²) in [7, 11) is 0. The molecule has 0 fully saturated rings. The van der Waals surface area contributed by atoms with Gasteiger partial charge in [0.25, 0.3) is 0 Å². The first-order valence-corrected chi connectivity index (χ1v) is 5.04. The number of hydrogen-bond donors (Lipinski definition) is 1. The lowest BCUT2D eigenvalue weighted by Crippen LogP contribution is -2.02. The second-order valence-electron chi connectivity index (χ2n) is 2.91. The smallest absolute Gasteiger partial charge is 0.104 e. The predicted octanol–water partition coefficient (Wildman–Crippen LogP) is 1.21. The van der Waals surface area contributed by atoms with Gasteiger partial charge in [0.1, 0.15) is 11.8 Å².